The highest BCUT2D eigenvalue weighted by molar-refractivity contribution is 5.89. The van der Waals surface area contributed by atoms with E-state index in [9.17, 15) is 15.8 Å². The van der Waals surface area contributed by atoms with Gasteiger partial charge in [0.25, 0.3) is 0 Å². The number of anilines is 1. The predicted molar refractivity (Wildman–Crippen MR) is 195 cm³/mol. The molecule has 242 valence electrons. The Hall–Kier alpha value is -6.49. The number of rotatable bonds is 9. The molecule has 0 atom stereocenters. The number of benzene rings is 4. The summed E-state index contributed by atoms with van der Waals surface area (Å²) in [7, 11) is 7.32. The first-order valence-corrected chi connectivity index (χ1v) is 15.6. The number of nitriles is 3. The number of methoxy groups -OCH3 is 2. The van der Waals surface area contributed by atoms with Crippen LogP contribution in [0.1, 0.15) is 30.5 Å². The first kappa shape index (κ1) is 33.9. The summed E-state index contributed by atoms with van der Waals surface area (Å²) >= 11 is 0. The van der Waals surface area contributed by atoms with Gasteiger partial charge in [-0.2, -0.15) is 15.8 Å². The lowest BCUT2D eigenvalue weighted by Crippen LogP contribution is -2.20. The topological polar surface area (TPSA) is 102 Å². The van der Waals surface area contributed by atoms with Crippen LogP contribution in [0.2, 0.25) is 0 Å². The molecule has 0 saturated heterocycles. The molecule has 0 N–H and O–H groups in total. The number of hydrogen-bond donors (Lipinski definition) is 0. The molecule has 0 bridgehead atoms. The van der Waals surface area contributed by atoms with E-state index in [1.807, 2.05) is 101 Å². The molecule has 49 heavy (non-hydrogen) atoms. The molecule has 0 radical (unpaired) electrons. The average molecular weight is 645 g/mol. The van der Waals surface area contributed by atoms with Crippen LogP contribution in [0.25, 0.3) is 40.5 Å². The molecule has 4 aromatic carbocycles. The largest absolute Gasteiger partial charge is 0.497 e. The lowest BCUT2D eigenvalue weighted by Gasteiger charge is -2.21. The summed E-state index contributed by atoms with van der Waals surface area (Å²) in [4.78, 5) is 2.07. The highest BCUT2D eigenvalue weighted by Gasteiger charge is 2.38. The maximum atomic E-state index is 10.1. The fourth-order valence-corrected chi connectivity index (χ4v) is 5.67. The number of ether oxygens (including phenoxy) is 3. The zero-order chi connectivity index (χ0) is 35.1. The summed E-state index contributed by atoms with van der Waals surface area (Å²) in [5.41, 5.74) is 7.57. The summed E-state index contributed by atoms with van der Waals surface area (Å²) in [5.74, 6) is 1.51. The summed E-state index contributed by atoms with van der Waals surface area (Å²) in [5, 5.41) is 29.2. The number of nitrogens with zero attached hydrogens (tertiary/aromatic N) is 4. The van der Waals surface area contributed by atoms with Crippen LogP contribution in [-0.2, 0) is 4.74 Å². The molecule has 1 heterocycles. The third kappa shape index (κ3) is 7.25. The number of allylic oxidation sites excluding steroid dienone is 2. The van der Waals surface area contributed by atoms with Crippen LogP contribution in [0.4, 0.5) is 5.69 Å². The van der Waals surface area contributed by atoms with Gasteiger partial charge in [0.2, 0.25) is 0 Å². The van der Waals surface area contributed by atoms with Crippen molar-refractivity contribution in [2.24, 2.45) is 0 Å². The minimum atomic E-state index is -0.945. The van der Waals surface area contributed by atoms with Crippen LogP contribution in [0.3, 0.4) is 0 Å². The lowest BCUT2D eigenvalue weighted by atomic mass is 9.88. The van der Waals surface area contributed by atoms with Crippen molar-refractivity contribution in [2.75, 3.05) is 33.2 Å². The monoisotopic (exact) mass is 644 g/mol. The molecule has 0 unspecified atom stereocenters. The zero-order valence-electron chi connectivity index (χ0n) is 28.4. The van der Waals surface area contributed by atoms with E-state index in [4.69, 9.17) is 14.2 Å². The fraction of sp³-hybridized carbons (Fsp3) is 0.167. The first-order valence-electron chi connectivity index (χ1n) is 15.6. The van der Waals surface area contributed by atoms with Crippen molar-refractivity contribution in [2.45, 2.75) is 19.4 Å². The highest BCUT2D eigenvalue weighted by Crippen LogP contribution is 2.41. The molecule has 4 aromatic rings. The van der Waals surface area contributed by atoms with Gasteiger partial charge in [-0.3, -0.25) is 0 Å². The summed E-state index contributed by atoms with van der Waals surface area (Å²) < 4.78 is 16.9. The molecule has 0 aromatic heterocycles. The second-order valence-corrected chi connectivity index (χ2v) is 12.1. The van der Waals surface area contributed by atoms with Crippen LogP contribution >= 0.6 is 0 Å². The van der Waals surface area contributed by atoms with E-state index < -0.39 is 5.60 Å². The second-order valence-electron chi connectivity index (χ2n) is 12.1. The van der Waals surface area contributed by atoms with E-state index in [1.165, 1.54) is 0 Å². The molecule has 0 saturated carbocycles. The van der Waals surface area contributed by atoms with Crippen LogP contribution in [0.5, 0.6) is 11.5 Å². The molecule has 1 aliphatic heterocycles. The minimum absolute atomic E-state index is 0.00514. The zero-order valence-corrected chi connectivity index (χ0v) is 28.4. The molecule has 5 rings (SSSR count). The molecule has 7 heteroatoms. The lowest BCUT2D eigenvalue weighted by molar-refractivity contribution is 0.0954. The highest BCUT2D eigenvalue weighted by atomic mass is 16.5. The van der Waals surface area contributed by atoms with Crippen molar-refractivity contribution < 1.29 is 14.2 Å². The molecular formula is C42H36N4O3. The molecular weight excluding hydrogens is 608 g/mol. The minimum Gasteiger partial charge on any atom is -0.497 e. The maximum absolute atomic E-state index is 10.1. The van der Waals surface area contributed by atoms with Crippen molar-refractivity contribution in [3.8, 4) is 52.0 Å². The Labute approximate surface area is 288 Å². The Balaban J connectivity index is 1.73. The molecule has 0 fully saturated rings. The molecule has 0 spiro atoms. The average Bonchev–Trinajstić information content (AvgIpc) is 3.39. The molecule has 0 aliphatic carbocycles. The van der Waals surface area contributed by atoms with Gasteiger partial charge in [0.1, 0.15) is 40.9 Å². The molecule has 0 amide bonds. The van der Waals surface area contributed by atoms with E-state index in [0.29, 0.717) is 5.57 Å². The van der Waals surface area contributed by atoms with Crippen LogP contribution in [-0.4, -0.2) is 33.9 Å². The van der Waals surface area contributed by atoms with Gasteiger partial charge in [-0.05, 0) is 101 Å². The van der Waals surface area contributed by atoms with Gasteiger partial charge in [-0.1, -0.05) is 60.7 Å². The van der Waals surface area contributed by atoms with Gasteiger partial charge in [0.15, 0.2) is 11.3 Å². The van der Waals surface area contributed by atoms with Gasteiger partial charge in [0.05, 0.1) is 14.2 Å². The summed E-state index contributed by atoms with van der Waals surface area (Å²) in [6.07, 6.45) is 8.03. The normalized spacial score (nSPS) is 13.5. The smallest absolute Gasteiger partial charge is 0.172 e. The van der Waals surface area contributed by atoms with Gasteiger partial charge in [0, 0.05) is 25.4 Å². The van der Waals surface area contributed by atoms with Crippen molar-refractivity contribution >= 4 is 23.9 Å². The Bertz CT molecular complexity index is 2100. The van der Waals surface area contributed by atoms with Crippen molar-refractivity contribution in [3.63, 3.8) is 0 Å². The Kier molecular flexibility index (Phi) is 10.0. The fourth-order valence-electron chi connectivity index (χ4n) is 5.67. The van der Waals surface area contributed by atoms with Gasteiger partial charge < -0.3 is 19.1 Å². The Morgan fingerprint density at radius 1 is 0.694 bits per heavy atom. The second kappa shape index (κ2) is 14.5. The van der Waals surface area contributed by atoms with Crippen LogP contribution in [0, 0.1) is 34.0 Å². The first-order chi connectivity index (χ1) is 23.6. The van der Waals surface area contributed by atoms with E-state index in [0.717, 1.165) is 56.1 Å². The van der Waals surface area contributed by atoms with Gasteiger partial charge in [-0.25, -0.2) is 0 Å². The van der Waals surface area contributed by atoms with E-state index in [-0.39, 0.29) is 16.9 Å². The van der Waals surface area contributed by atoms with Gasteiger partial charge in [-0.15, -0.1) is 0 Å². The van der Waals surface area contributed by atoms with E-state index in [1.54, 1.807) is 14.2 Å². The quantitative estimate of drug-likeness (QED) is 0.132. The molecule has 7 nitrogen and oxygen atoms in total. The predicted octanol–water partition coefficient (Wildman–Crippen LogP) is 9.22. The standard InChI is InChI=1S/C42H36N4O3/c1-42(2)40(39(27-45)41(49-42)33(25-43)26-44)22-15-32-24-37(29-11-18-35(47-5)19-12-29)31(10-7-28-8-16-34(17-9-28)46(3)4)23-38(32)30-13-20-36(48-6)21-14-30/h7-24H,1-6H3/b10-7+,22-15+. The third-order valence-corrected chi connectivity index (χ3v) is 8.38. The van der Waals surface area contributed by atoms with Crippen LogP contribution < -0.4 is 14.4 Å². The van der Waals surface area contributed by atoms with E-state index in [2.05, 4.69) is 59.5 Å². The van der Waals surface area contributed by atoms with Crippen molar-refractivity contribution in [3.05, 3.63) is 130 Å². The van der Waals surface area contributed by atoms with Crippen LogP contribution in [0.15, 0.2) is 113 Å². The van der Waals surface area contributed by atoms with Gasteiger partial charge >= 0.3 is 0 Å². The van der Waals surface area contributed by atoms with Crippen molar-refractivity contribution in [1.29, 1.82) is 15.8 Å². The Morgan fingerprint density at radius 2 is 1.18 bits per heavy atom. The number of hydrogen-bond acceptors (Lipinski definition) is 7. The molecule has 1 aliphatic rings. The third-order valence-electron chi connectivity index (χ3n) is 8.38. The van der Waals surface area contributed by atoms with E-state index >= 15 is 0 Å². The summed E-state index contributed by atoms with van der Waals surface area (Å²) in [6.45, 7) is 3.63. The maximum Gasteiger partial charge on any atom is 0.172 e. The Morgan fingerprint density at radius 3 is 1.61 bits per heavy atom. The summed E-state index contributed by atoms with van der Waals surface area (Å²) in [6, 6.07) is 34.4. The SMILES string of the molecule is COc1ccc(-c2cc(/C=C/c3ccc(N(C)C)cc3)c(-c3ccc(OC)cc3)cc2/C=C/C2=C(C#N)C(=C(C#N)C#N)OC2(C)C)cc1. The van der Waals surface area contributed by atoms with Crippen molar-refractivity contribution in [1.82, 2.24) is 0 Å².